The number of aryl methyl sites for hydroxylation is 1. The van der Waals surface area contributed by atoms with Crippen molar-refractivity contribution >= 4 is 27.6 Å². The Morgan fingerprint density at radius 3 is 2.58 bits per heavy atom. The predicted octanol–water partition coefficient (Wildman–Crippen LogP) is 3.79. The number of para-hydroxylation sites is 1. The van der Waals surface area contributed by atoms with Crippen molar-refractivity contribution in [3.05, 3.63) is 59.8 Å². The summed E-state index contributed by atoms with van der Waals surface area (Å²) in [6.45, 7) is 8.98. The third kappa shape index (κ3) is 4.48. The van der Waals surface area contributed by atoms with Crippen molar-refractivity contribution in [3.8, 4) is 17.0 Å². The smallest absolute Gasteiger partial charge is 0.268 e. The number of methoxy groups -OCH3 is 1. The Bertz CT molecular complexity index is 1420. The molecule has 3 N–H and O–H groups in total. The zero-order valence-corrected chi connectivity index (χ0v) is 21.9. The van der Waals surface area contributed by atoms with Gasteiger partial charge in [-0.15, -0.1) is 0 Å². The first-order valence-electron chi connectivity index (χ1n) is 11.7. The number of nitrogens with two attached hydrogens (primary N) is 1. The van der Waals surface area contributed by atoms with Crippen LogP contribution < -0.4 is 20.1 Å². The fraction of sp³-hybridized carbons (Fsp3) is 0.346. The van der Waals surface area contributed by atoms with Crippen LogP contribution in [0.4, 0.5) is 11.6 Å². The van der Waals surface area contributed by atoms with Crippen LogP contribution in [0.5, 0.6) is 5.75 Å². The fourth-order valence-electron chi connectivity index (χ4n) is 4.58. The van der Waals surface area contributed by atoms with Crippen LogP contribution >= 0.6 is 0 Å². The molecule has 1 aromatic carbocycles. The summed E-state index contributed by atoms with van der Waals surface area (Å²) in [6.07, 6.45) is 2.30. The second kappa shape index (κ2) is 9.42. The summed E-state index contributed by atoms with van der Waals surface area (Å²) in [7, 11) is -2.64. The van der Waals surface area contributed by atoms with Gasteiger partial charge in [0.05, 0.1) is 18.4 Å². The Balaban J connectivity index is 1.82. The van der Waals surface area contributed by atoms with E-state index in [0.717, 1.165) is 17.5 Å². The first-order valence-corrected chi connectivity index (χ1v) is 13.2. The number of hydrogen-bond acceptors (Lipinski definition) is 8. The molecule has 0 saturated carbocycles. The molecule has 0 spiro atoms. The van der Waals surface area contributed by atoms with Gasteiger partial charge in [-0.3, -0.25) is 4.79 Å². The highest BCUT2D eigenvalue weighted by molar-refractivity contribution is 7.90. The van der Waals surface area contributed by atoms with Crippen molar-refractivity contribution in [1.29, 1.82) is 0 Å². The number of sulfonamides is 1. The van der Waals surface area contributed by atoms with Crippen LogP contribution in [0.2, 0.25) is 0 Å². The number of benzene rings is 1. The van der Waals surface area contributed by atoms with E-state index in [0.29, 0.717) is 29.7 Å². The summed E-state index contributed by atoms with van der Waals surface area (Å²) < 4.78 is 33.7. The molecular weight excluding hydrogens is 478 g/mol. The third-order valence-corrected chi connectivity index (χ3v) is 8.45. The standard InChI is InChI=1S/C26H31N5O4S/c1-16-8-6-9-18(22(16)35-5)20-12-11-19(24(29-20)31-15-13-17(2)26(31,3)4)25(32)30-36(33,34)21-10-7-14-28-23(21)27/h6-12,14,17H,13,15H2,1-5H3,(H2,27,28)(H,30,32). The van der Waals surface area contributed by atoms with Gasteiger partial charge in [0.1, 0.15) is 22.3 Å². The molecule has 2 aromatic heterocycles. The predicted molar refractivity (Wildman–Crippen MR) is 139 cm³/mol. The fourth-order valence-corrected chi connectivity index (χ4v) is 5.63. The van der Waals surface area contributed by atoms with Gasteiger partial charge in [0.2, 0.25) is 0 Å². The number of nitrogen functional groups attached to an aromatic ring is 1. The molecule has 1 aliphatic rings. The summed E-state index contributed by atoms with van der Waals surface area (Å²) in [6, 6.07) is 11.8. The molecule has 1 unspecified atom stereocenters. The third-order valence-electron chi connectivity index (χ3n) is 7.07. The van der Waals surface area contributed by atoms with Gasteiger partial charge in [0.15, 0.2) is 0 Å². The van der Waals surface area contributed by atoms with Gasteiger partial charge in [0, 0.05) is 23.8 Å². The topological polar surface area (TPSA) is 128 Å². The molecule has 1 amide bonds. The van der Waals surface area contributed by atoms with E-state index in [4.69, 9.17) is 15.5 Å². The molecule has 9 nitrogen and oxygen atoms in total. The number of anilines is 2. The number of nitrogens with zero attached hydrogens (tertiary/aromatic N) is 3. The molecule has 3 heterocycles. The van der Waals surface area contributed by atoms with Crippen LogP contribution in [-0.4, -0.2) is 43.5 Å². The maximum atomic E-state index is 13.4. The second-order valence-corrected chi connectivity index (χ2v) is 11.2. The number of amides is 1. The lowest BCUT2D eigenvalue weighted by Gasteiger charge is -2.36. The molecule has 36 heavy (non-hydrogen) atoms. The number of ether oxygens (including phenoxy) is 1. The van der Waals surface area contributed by atoms with E-state index in [9.17, 15) is 13.2 Å². The highest BCUT2D eigenvalue weighted by atomic mass is 32.2. The van der Waals surface area contributed by atoms with Crippen LogP contribution in [-0.2, 0) is 10.0 Å². The molecule has 1 aliphatic heterocycles. The molecular formula is C26H31N5O4S. The first-order chi connectivity index (χ1) is 17.0. The molecule has 1 fully saturated rings. The number of pyridine rings is 2. The molecule has 0 radical (unpaired) electrons. The number of carbonyl (C=O) groups is 1. The molecule has 190 valence electrons. The Morgan fingerprint density at radius 2 is 1.94 bits per heavy atom. The number of nitrogens with one attached hydrogen (secondary N) is 1. The SMILES string of the molecule is COc1c(C)cccc1-c1ccc(C(=O)NS(=O)(=O)c2cccnc2N)c(N2CCC(C)C2(C)C)n1. The number of hydrogen-bond donors (Lipinski definition) is 2. The Labute approximate surface area is 211 Å². The summed E-state index contributed by atoms with van der Waals surface area (Å²) in [4.78, 5) is 23.9. The van der Waals surface area contributed by atoms with Gasteiger partial charge in [-0.1, -0.05) is 19.1 Å². The minimum Gasteiger partial charge on any atom is -0.496 e. The number of rotatable bonds is 6. The van der Waals surface area contributed by atoms with E-state index in [1.165, 1.54) is 18.3 Å². The van der Waals surface area contributed by atoms with Crippen molar-refractivity contribution in [2.75, 3.05) is 24.3 Å². The van der Waals surface area contributed by atoms with Gasteiger partial charge in [0.25, 0.3) is 15.9 Å². The van der Waals surface area contributed by atoms with Gasteiger partial charge in [-0.2, -0.15) is 0 Å². The lowest BCUT2D eigenvalue weighted by Crippen LogP contribution is -2.43. The largest absolute Gasteiger partial charge is 0.496 e. The van der Waals surface area contributed by atoms with Gasteiger partial charge in [-0.05, 0) is 69.0 Å². The van der Waals surface area contributed by atoms with E-state index in [1.54, 1.807) is 19.2 Å². The normalized spacial score (nSPS) is 17.1. The highest BCUT2D eigenvalue weighted by Crippen LogP contribution is 2.40. The van der Waals surface area contributed by atoms with Crippen molar-refractivity contribution in [2.45, 2.75) is 44.6 Å². The second-order valence-electron chi connectivity index (χ2n) is 9.54. The highest BCUT2D eigenvalue weighted by Gasteiger charge is 2.41. The molecule has 0 aliphatic carbocycles. The maximum Gasteiger partial charge on any atom is 0.268 e. The first kappa shape index (κ1) is 25.4. The minimum atomic E-state index is -4.25. The summed E-state index contributed by atoms with van der Waals surface area (Å²) in [5.41, 5.74) is 7.96. The average Bonchev–Trinajstić information content (AvgIpc) is 3.10. The number of aromatic nitrogens is 2. The quantitative estimate of drug-likeness (QED) is 0.514. The molecule has 0 bridgehead atoms. The van der Waals surface area contributed by atoms with E-state index < -0.39 is 15.9 Å². The van der Waals surface area contributed by atoms with Crippen molar-refractivity contribution in [1.82, 2.24) is 14.7 Å². The molecule has 3 aromatic rings. The summed E-state index contributed by atoms with van der Waals surface area (Å²) in [5, 5.41) is 0. The molecule has 1 atom stereocenters. The minimum absolute atomic E-state index is 0.151. The van der Waals surface area contributed by atoms with E-state index in [1.807, 2.05) is 25.1 Å². The summed E-state index contributed by atoms with van der Waals surface area (Å²) in [5.74, 6) is 0.465. The Morgan fingerprint density at radius 1 is 1.19 bits per heavy atom. The maximum absolute atomic E-state index is 13.4. The van der Waals surface area contributed by atoms with Crippen LogP contribution in [0.1, 0.15) is 43.1 Å². The van der Waals surface area contributed by atoms with Crippen molar-refractivity contribution < 1.29 is 17.9 Å². The van der Waals surface area contributed by atoms with Crippen LogP contribution in [0, 0.1) is 12.8 Å². The lowest BCUT2D eigenvalue weighted by atomic mass is 9.90. The lowest BCUT2D eigenvalue weighted by molar-refractivity contribution is 0.0981. The van der Waals surface area contributed by atoms with E-state index in [-0.39, 0.29) is 21.8 Å². The average molecular weight is 510 g/mol. The molecule has 4 rings (SSSR count). The number of carbonyl (C=O) groups excluding carboxylic acids is 1. The zero-order chi connectivity index (χ0) is 26.3. The summed E-state index contributed by atoms with van der Waals surface area (Å²) >= 11 is 0. The monoisotopic (exact) mass is 509 g/mol. The van der Waals surface area contributed by atoms with Gasteiger partial charge < -0.3 is 15.4 Å². The molecule has 10 heteroatoms. The van der Waals surface area contributed by atoms with Crippen LogP contribution in [0.25, 0.3) is 11.3 Å². The van der Waals surface area contributed by atoms with Crippen molar-refractivity contribution in [3.63, 3.8) is 0 Å². The van der Waals surface area contributed by atoms with Crippen molar-refractivity contribution in [2.24, 2.45) is 5.92 Å². The zero-order valence-electron chi connectivity index (χ0n) is 21.1. The van der Waals surface area contributed by atoms with Crippen LogP contribution in [0.3, 0.4) is 0 Å². The molecule has 1 saturated heterocycles. The Kier molecular flexibility index (Phi) is 6.66. The Hall–Kier alpha value is -3.66. The van der Waals surface area contributed by atoms with Crippen LogP contribution in [0.15, 0.2) is 53.6 Å². The van der Waals surface area contributed by atoms with E-state index in [2.05, 4.69) is 35.4 Å². The van der Waals surface area contributed by atoms with Gasteiger partial charge in [-0.25, -0.2) is 23.1 Å². The van der Waals surface area contributed by atoms with E-state index >= 15 is 0 Å². The van der Waals surface area contributed by atoms with Gasteiger partial charge >= 0.3 is 0 Å².